The van der Waals surface area contributed by atoms with Crippen molar-refractivity contribution < 1.29 is 0 Å². The van der Waals surface area contributed by atoms with Gasteiger partial charge in [-0.25, -0.2) is 4.98 Å². The maximum Gasteiger partial charge on any atom is 0.129 e. The van der Waals surface area contributed by atoms with Crippen LogP contribution in [-0.2, 0) is 0 Å². The normalized spacial score (nSPS) is 10.6. The molecule has 0 unspecified atom stereocenters. The van der Waals surface area contributed by atoms with Crippen molar-refractivity contribution in [1.29, 1.82) is 0 Å². The Labute approximate surface area is 78.7 Å². The van der Waals surface area contributed by atoms with Crippen LogP contribution in [0.5, 0.6) is 0 Å². The number of anilines is 1. The number of nitrogens with one attached hydrogen (secondary N) is 1. The Balaban J connectivity index is 2.45. The van der Waals surface area contributed by atoms with E-state index in [2.05, 4.69) is 10.3 Å². The van der Waals surface area contributed by atoms with Gasteiger partial charge in [0.05, 0.1) is 0 Å². The van der Waals surface area contributed by atoms with E-state index >= 15 is 0 Å². The second-order valence-corrected chi connectivity index (χ2v) is 2.76. The zero-order chi connectivity index (χ0) is 9.52. The summed E-state index contributed by atoms with van der Waals surface area (Å²) in [5.74, 6) is 0.934. The molecule has 0 atom stereocenters. The minimum Gasteiger partial charge on any atom is -0.366 e. The minimum atomic E-state index is 0.586. The van der Waals surface area contributed by atoms with E-state index in [9.17, 15) is 0 Å². The lowest BCUT2D eigenvalue weighted by molar-refractivity contribution is 1.18. The van der Waals surface area contributed by atoms with Crippen LogP contribution in [0, 0.1) is 6.92 Å². The van der Waals surface area contributed by atoms with Crippen LogP contribution in [0.15, 0.2) is 30.5 Å². The molecule has 0 aliphatic carbocycles. The van der Waals surface area contributed by atoms with Gasteiger partial charge in [-0.2, -0.15) is 0 Å². The van der Waals surface area contributed by atoms with Crippen molar-refractivity contribution >= 4 is 5.82 Å². The Morgan fingerprint density at radius 2 is 2.38 bits per heavy atom. The smallest absolute Gasteiger partial charge is 0.129 e. The van der Waals surface area contributed by atoms with Gasteiger partial charge in [0.1, 0.15) is 5.82 Å². The van der Waals surface area contributed by atoms with Gasteiger partial charge in [-0.15, -0.1) is 0 Å². The molecule has 0 aromatic carbocycles. The molecule has 1 heterocycles. The predicted molar refractivity (Wildman–Crippen MR) is 55.7 cm³/mol. The largest absolute Gasteiger partial charge is 0.366 e. The molecule has 0 radical (unpaired) electrons. The molecule has 0 fully saturated rings. The molecule has 0 saturated heterocycles. The summed E-state index contributed by atoms with van der Waals surface area (Å²) in [6.45, 7) is 3.39. The average molecular weight is 177 g/mol. The molecule has 0 amide bonds. The fraction of sp³-hybridized carbons (Fsp3) is 0.300. The standard InChI is InChI=1S/C10H15N3/c1-9-5-4-8-13-10(9)12-7-3-2-6-11/h2-5,8H,6-7,11H2,1H3,(H,12,13)/b3-2+. The van der Waals surface area contributed by atoms with Crippen LogP contribution in [0.1, 0.15) is 5.56 Å². The SMILES string of the molecule is Cc1cccnc1NC/C=C/CN. The number of rotatable bonds is 4. The molecule has 0 aliphatic rings. The number of aromatic nitrogens is 1. The Morgan fingerprint density at radius 1 is 1.54 bits per heavy atom. The maximum atomic E-state index is 5.31. The number of pyridine rings is 1. The lowest BCUT2D eigenvalue weighted by Gasteiger charge is -2.04. The summed E-state index contributed by atoms with van der Waals surface area (Å²) in [5.41, 5.74) is 6.46. The molecule has 13 heavy (non-hydrogen) atoms. The molecule has 1 rings (SSSR count). The summed E-state index contributed by atoms with van der Waals surface area (Å²) in [6, 6.07) is 3.96. The summed E-state index contributed by atoms with van der Waals surface area (Å²) in [5, 5.41) is 3.19. The van der Waals surface area contributed by atoms with Crippen LogP contribution >= 0.6 is 0 Å². The molecule has 0 saturated carbocycles. The summed E-state index contributed by atoms with van der Waals surface area (Å²) < 4.78 is 0. The first-order chi connectivity index (χ1) is 6.34. The van der Waals surface area contributed by atoms with E-state index in [1.807, 2.05) is 31.2 Å². The van der Waals surface area contributed by atoms with E-state index in [1.165, 1.54) is 0 Å². The van der Waals surface area contributed by atoms with Crippen molar-refractivity contribution in [3.05, 3.63) is 36.0 Å². The second kappa shape index (κ2) is 5.32. The number of nitrogens with two attached hydrogens (primary N) is 1. The van der Waals surface area contributed by atoms with Gasteiger partial charge in [-0.3, -0.25) is 0 Å². The summed E-state index contributed by atoms with van der Waals surface area (Å²) in [4.78, 5) is 4.20. The fourth-order valence-corrected chi connectivity index (χ4v) is 1.01. The first-order valence-electron chi connectivity index (χ1n) is 4.35. The Bertz CT molecular complexity index is 281. The quantitative estimate of drug-likeness (QED) is 0.682. The van der Waals surface area contributed by atoms with Crippen molar-refractivity contribution in [1.82, 2.24) is 4.98 Å². The third-order valence-electron chi connectivity index (χ3n) is 1.70. The average Bonchev–Trinajstić information content (AvgIpc) is 2.15. The molecule has 0 aliphatic heterocycles. The predicted octanol–water partition coefficient (Wildman–Crippen LogP) is 1.32. The Morgan fingerprint density at radius 3 is 3.08 bits per heavy atom. The monoisotopic (exact) mass is 177 g/mol. The Kier molecular flexibility index (Phi) is 3.99. The summed E-state index contributed by atoms with van der Waals surface area (Å²) in [7, 11) is 0. The van der Waals surface area contributed by atoms with Gasteiger partial charge in [0.2, 0.25) is 0 Å². The Hall–Kier alpha value is -1.35. The summed E-state index contributed by atoms with van der Waals surface area (Å²) in [6.07, 6.45) is 5.70. The van der Waals surface area contributed by atoms with Crippen molar-refractivity contribution in [3.63, 3.8) is 0 Å². The first-order valence-corrected chi connectivity index (χ1v) is 4.35. The van der Waals surface area contributed by atoms with E-state index in [1.54, 1.807) is 6.20 Å². The van der Waals surface area contributed by atoms with Gasteiger partial charge in [0.15, 0.2) is 0 Å². The van der Waals surface area contributed by atoms with Gasteiger partial charge >= 0.3 is 0 Å². The number of hydrogen-bond donors (Lipinski definition) is 2. The highest BCUT2D eigenvalue weighted by Crippen LogP contribution is 2.07. The molecular formula is C10H15N3. The zero-order valence-corrected chi connectivity index (χ0v) is 7.83. The van der Waals surface area contributed by atoms with Gasteiger partial charge in [-0.05, 0) is 18.6 Å². The highest BCUT2D eigenvalue weighted by Gasteiger charge is 1.93. The highest BCUT2D eigenvalue weighted by atomic mass is 15.0. The fourth-order valence-electron chi connectivity index (χ4n) is 1.01. The molecule has 3 N–H and O–H groups in total. The number of aryl methyl sites for hydroxylation is 1. The number of hydrogen-bond acceptors (Lipinski definition) is 3. The van der Waals surface area contributed by atoms with E-state index in [0.29, 0.717) is 6.54 Å². The first kappa shape index (κ1) is 9.74. The van der Waals surface area contributed by atoms with Crippen LogP contribution in [0.4, 0.5) is 5.82 Å². The van der Waals surface area contributed by atoms with Gasteiger partial charge < -0.3 is 11.1 Å². The lowest BCUT2D eigenvalue weighted by atomic mass is 10.3. The molecule has 0 spiro atoms. The molecule has 70 valence electrons. The van der Waals surface area contributed by atoms with Crippen LogP contribution in [0.25, 0.3) is 0 Å². The van der Waals surface area contributed by atoms with E-state index < -0.39 is 0 Å². The van der Waals surface area contributed by atoms with Crippen molar-refractivity contribution in [2.45, 2.75) is 6.92 Å². The molecule has 1 aromatic heterocycles. The van der Waals surface area contributed by atoms with Gasteiger partial charge in [0, 0.05) is 19.3 Å². The van der Waals surface area contributed by atoms with Crippen LogP contribution in [0.3, 0.4) is 0 Å². The van der Waals surface area contributed by atoms with Crippen LogP contribution in [0.2, 0.25) is 0 Å². The molecule has 3 heteroatoms. The molecule has 1 aromatic rings. The maximum absolute atomic E-state index is 5.31. The van der Waals surface area contributed by atoms with E-state index in [-0.39, 0.29) is 0 Å². The molecule has 3 nitrogen and oxygen atoms in total. The zero-order valence-electron chi connectivity index (χ0n) is 7.83. The molecular weight excluding hydrogens is 162 g/mol. The van der Waals surface area contributed by atoms with Crippen molar-refractivity contribution in [2.75, 3.05) is 18.4 Å². The lowest BCUT2D eigenvalue weighted by Crippen LogP contribution is -2.03. The summed E-state index contributed by atoms with van der Waals surface area (Å²) >= 11 is 0. The highest BCUT2D eigenvalue weighted by molar-refractivity contribution is 5.42. The minimum absolute atomic E-state index is 0.586. The number of nitrogens with zero attached hydrogens (tertiary/aromatic N) is 1. The van der Waals surface area contributed by atoms with E-state index in [4.69, 9.17) is 5.73 Å². The molecule has 0 bridgehead atoms. The van der Waals surface area contributed by atoms with Crippen molar-refractivity contribution in [2.24, 2.45) is 5.73 Å². The van der Waals surface area contributed by atoms with Crippen LogP contribution in [-0.4, -0.2) is 18.1 Å². The third kappa shape index (κ3) is 3.25. The van der Waals surface area contributed by atoms with Gasteiger partial charge in [0.25, 0.3) is 0 Å². The third-order valence-corrected chi connectivity index (χ3v) is 1.70. The van der Waals surface area contributed by atoms with Gasteiger partial charge in [-0.1, -0.05) is 18.2 Å². The van der Waals surface area contributed by atoms with E-state index in [0.717, 1.165) is 17.9 Å². The van der Waals surface area contributed by atoms with Crippen LogP contribution < -0.4 is 11.1 Å². The van der Waals surface area contributed by atoms with Crippen molar-refractivity contribution in [3.8, 4) is 0 Å². The topological polar surface area (TPSA) is 50.9 Å². The second-order valence-electron chi connectivity index (χ2n) is 2.76.